The highest BCUT2D eigenvalue weighted by molar-refractivity contribution is 7.06. The molecular weight excluding hydrogens is 536 g/mol. The largest absolute Gasteiger partial charge is 0.487 e. The summed E-state index contributed by atoms with van der Waals surface area (Å²) in [5.41, 5.74) is 0.0133. The summed E-state index contributed by atoms with van der Waals surface area (Å²) in [6.07, 6.45) is -4.80. The minimum absolute atomic E-state index is 0.0431. The average molecular weight is 560 g/mol. The van der Waals surface area contributed by atoms with Crippen molar-refractivity contribution in [1.29, 1.82) is 0 Å². The van der Waals surface area contributed by atoms with E-state index in [1.807, 2.05) is 0 Å². The summed E-state index contributed by atoms with van der Waals surface area (Å²) in [5, 5.41) is 2.68. The number of amides is 1. The number of alkyl halides is 5. The summed E-state index contributed by atoms with van der Waals surface area (Å²) in [6, 6.07) is 3.85. The average Bonchev–Trinajstić information content (AvgIpc) is 3.21. The number of aromatic nitrogens is 3. The van der Waals surface area contributed by atoms with Crippen molar-refractivity contribution in [2.24, 2.45) is 0 Å². The molecule has 2 aromatic heterocycles. The van der Waals surface area contributed by atoms with Gasteiger partial charge >= 0.3 is 6.18 Å². The third-order valence-corrected chi connectivity index (χ3v) is 6.85. The molecule has 0 spiro atoms. The minimum Gasteiger partial charge on any atom is -0.487 e. The Kier molecular flexibility index (Phi) is 8.51. The zero-order chi connectivity index (χ0) is 27.4. The molecular formula is C24H23F6N5O2S. The van der Waals surface area contributed by atoms with Crippen molar-refractivity contribution in [2.75, 3.05) is 25.0 Å². The van der Waals surface area contributed by atoms with Crippen LogP contribution < -0.4 is 10.1 Å². The fourth-order valence-electron chi connectivity index (χ4n) is 4.03. The molecule has 0 bridgehead atoms. The van der Waals surface area contributed by atoms with Crippen molar-refractivity contribution in [3.63, 3.8) is 0 Å². The molecule has 3 heterocycles. The first-order chi connectivity index (χ1) is 18.0. The van der Waals surface area contributed by atoms with Gasteiger partial charge in [0, 0.05) is 42.3 Å². The quantitative estimate of drug-likeness (QED) is 0.375. The molecule has 4 rings (SSSR count). The Morgan fingerprint density at radius 2 is 1.95 bits per heavy atom. The summed E-state index contributed by atoms with van der Waals surface area (Å²) in [6.45, 7) is 2.12. The number of ether oxygens (including phenoxy) is 1. The van der Waals surface area contributed by atoms with Crippen molar-refractivity contribution in [1.82, 2.24) is 19.2 Å². The number of piperidine rings is 1. The maximum absolute atomic E-state index is 14.4. The van der Waals surface area contributed by atoms with Crippen LogP contribution in [-0.2, 0) is 12.6 Å². The molecule has 0 aliphatic carbocycles. The SMILES string of the molecule is Cc1nsc(Cc2cnc(C(F)(F)F)cn2)c1C(=O)Nc1ccc(F)c(OC2CCN(CC(F)F)CC2)c1. The van der Waals surface area contributed by atoms with Gasteiger partial charge < -0.3 is 10.1 Å². The fourth-order valence-corrected chi connectivity index (χ4v) is 4.92. The lowest BCUT2D eigenvalue weighted by molar-refractivity contribution is -0.141. The molecule has 0 saturated carbocycles. The van der Waals surface area contributed by atoms with E-state index >= 15 is 0 Å². The minimum atomic E-state index is -4.61. The predicted octanol–water partition coefficient (Wildman–Crippen LogP) is 5.35. The Bertz CT molecular complexity index is 1260. The number of hydrogen-bond acceptors (Lipinski definition) is 7. The lowest BCUT2D eigenvalue weighted by atomic mass is 10.1. The molecule has 0 radical (unpaired) electrons. The molecule has 1 aliphatic heterocycles. The Balaban J connectivity index is 1.42. The van der Waals surface area contributed by atoms with E-state index in [4.69, 9.17) is 4.74 Å². The zero-order valence-electron chi connectivity index (χ0n) is 20.1. The van der Waals surface area contributed by atoms with Crippen LogP contribution in [0.1, 0.15) is 45.2 Å². The van der Waals surface area contributed by atoms with Gasteiger partial charge in [-0.3, -0.25) is 14.7 Å². The number of carbonyl (C=O) groups excluding carboxylic acids is 1. The number of aryl methyl sites for hydroxylation is 1. The van der Waals surface area contributed by atoms with Gasteiger partial charge in [-0.25, -0.2) is 18.2 Å². The van der Waals surface area contributed by atoms with E-state index in [2.05, 4.69) is 19.7 Å². The van der Waals surface area contributed by atoms with Gasteiger partial charge in [0.25, 0.3) is 12.3 Å². The first-order valence-corrected chi connectivity index (χ1v) is 12.4. The van der Waals surface area contributed by atoms with Gasteiger partial charge in [0.2, 0.25) is 0 Å². The van der Waals surface area contributed by atoms with Crippen LogP contribution in [0.25, 0.3) is 0 Å². The smallest absolute Gasteiger partial charge is 0.434 e. The molecule has 38 heavy (non-hydrogen) atoms. The molecule has 1 saturated heterocycles. The van der Waals surface area contributed by atoms with Crippen LogP contribution in [0, 0.1) is 12.7 Å². The third kappa shape index (κ3) is 6.98. The molecule has 1 N–H and O–H groups in total. The summed E-state index contributed by atoms with van der Waals surface area (Å²) in [4.78, 5) is 22.4. The first-order valence-electron chi connectivity index (χ1n) is 11.6. The summed E-state index contributed by atoms with van der Waals surface area (Å²) in [7, 11) is 0. The number of nitrogens with one attached hydrogen (secondary N) is 1. The summed E-state index contributed by atoms with van der Waals surface area (Å²) < 4.78 is 87.8. The molecule has 7 nitrogen and oxygen atoms in total. The zero-order valence-corrected chi connectivity index (χ0v) is 20.9. The van der Waals surface area contributed by atoms with Crippen LogP contribution in [0.3, 0.4) is 0 Å². The second-order valence-electron chi connectivity index (χ2n) is 8.74. The van der Waals surface area contributed by atoms with Gasteiger partial charge in [-0.1, -0.05) is 0 Å². The van der Waals surface area contributed by atoms with Crippen molar-refractivity contribution in [2.45, 2.75) is 44.9 Å². The van der Waals surface area contributed by atoms with Crippen molar-refractivity contribution >= 4 is 23.1 Å². The number of rotatable bonds is 8. The van der Waals surface area contributed by atoms with Crippen molar-refractivity contribution in [3.8, 4) is 5.75 Å². The molecule has 14 heteroatoms. The number of carbonyl (C=O) groups is 1. The van der Waals surface area contributed by atoms with Crippen LogP contribution in [0.2, 0.25) is 0 Å². The molecule has 1 amide bonds. The van der Waals surface area contributed by atoms with E-state index in [0.29, 0.717) is 42.7 Å². The van der Waals surface area contributed by atoms with Gasteiger partial charge in [0.05, 0.1) is 29.7 Å². The highest BCUT2D eigenvalue weighted by Crippen LogP contribution is 2.29. The second-order valence-corrected chi connectivity index (χ2v) is 9.60. The maximum Gasteiger partial charge on any atom is 0.434 e. The lowest BCUT2D eigenvalue weighted by Crippen LogP contribution is -2.40. The standard InChI is InChI=1S/C24H23F6N5O2S/c1-13-22(19(38-34-13)9-15-10-32-20(11-31-15)24(28,29)30)23(36)33-14-2-3-17(25)18(8-14)37-16-4-6-35(7-5-16)12-21(26)27/h2-3,8,10-11,16,21H,4-7,9,12H2,1H3,(H,33,36). The molecule has 204 valence electrons. The van der Waals surface area contributed by atoms with E-state index < -0.39 is 30.0 Å². The molecule has 1 fully saturated rings. The number of benzene rings is 1. The third-order valence-electron chi connectivity index (χ3n) is 5.91. The van der Waals surface area contributed by atoms with Crippen LogP contribution in [0.5, 0.6) is 5.75 Å². The Labute approximate surface area is 218 Å². The number of halogens is 6. The van der Waals surface area contributed by atoms with Crippen molar-refractivity contribution in [3.05, 3.63) is 63.9 Å². The van der Waals surface area contributed by atoms with E-state index in [-0.39, 0.29) is 41.8 Å². The number of likely N-dealkylation sites (tertiary alicyclic amines) is 1. The Hall–Kier alpha value is -3.26. The monoisotopic (exact) mass is 559 g/mol. The maximum atomic E-state index is 14.4. The number of hydrogen-bond donors (Lipinski definition) is 1. The van der Waals surface area contributed by atoms with E-state index in [1.54, 1.807) is 11.8 Å². The molecule has 1 aromatic carbocycles. The lowest BCUT2D eigenvalue weighted by Gasteiger charge is -2.31. The normalized spacial score (nSPS) is 15.2. The second kappa shape index (κ2) is 11.6. The van der Waals surface area contributed by atoms with Crippen molar-refractivity contribution < 1.29 is 35.9 Å². The highest BCUT2D eigenvalue weighted by atomic mass is 32.1. The molecule has 1 aliphatic rings. The van der Waals surface area contributed by atoms with Gasteiger partial charge in [0.15, 0.2) is 17.3 Å². The van der Waals surface area contributed by atoms with Crippen LogP contribution >= 0.6 is 11.5 Å². The highest BCUT2D eigenvalue weighted by Gasteiger charge is 2.33. The first kappa shape index (κ1) is 27.8. The molecule has 3 aromatic rings. The Morgan fingerprint density at radius 3 is 2.58 bits per heavy atom. The summed E-state index contributed by atoms with van der Waals surface area (Å²) >= 11 is 1.02. The van der Waals surface area contributed by atoms with E-state index in [0.717, 1.165) is 23.8 Å². The van der Waals surface area contributed by atoms with Crippen LogP contribution in [0.4, 0.5) is 32.0 Å². The van der Waals surface area contributed by atoms with Crippen LogP contribution in [0.15, 0.2) is 30.6 Å². The van der Waals surface area contributed by atoms with Crippen LogP contribution in [-0.4, -0.2) is 57.3 Å². The van der Waals surface area contributed by atoms with Gasteiger partial charge in [0.1, 0.15) is 6.10 Å². The van der Waals surface area contributed by atoms with Gasteiger partial charge in [-0.05, 0) is 43.4 Å². The predicted molar refractivity (Wildman–Crippen MR) is 127 cm³/mol. The molecule has 0 unspecified atom stereocenters. The Morgan fingerprint density at radius 1 is 1.21 bits per heavy atom. The van der Waals surface area contributed by atoms with E-state index in [9.17, 15) is 31.1 Å². The van der Waals surface area contributed by atoms with E-state index in [1.165, 1.54) is 12.1 Å². The topological polar surface area (TPSA) is 80.2 Å². The number of nitrogens with zero attached hydrogens (tertiary/aromatic N) is 4. The van der Waals surface area contributed by atoms with Gasteiger partial charge in [-0.15, -0.1) is 0 Å². The molecule has 0 atom stereocenters. The summed E-state index contributed by atoms with van der Waals surface area (Å²) in [5.74, 6) is -1.24. The number of anilines is 1. The fraction of sp³-hybridized carbons (Fsp3) is 0.417. The van der Waals surface area contributed by atoms with Gasteiger partial charge in [-0.2, -0.15) is 17.5 Å².